The van der Waals surface area contributed by atoms with E-state index in [1.807, 2.05) is 37.7 Å². The number of halogens is 2. The van der Waals surface area contributed by atoms with Gasteiger partial charge in [-0.05, 0) is 37.7 Å². The number of carbonyl (C=O) groups excluding carboxylic acids is 1. The molecule has 0 aliphatic rings. The van der Waals surface area contributed by atoms with Gasteiger partial charge in [0.15, 0.2) is 0 Å². The topological polar surface area (TPSA) is 58.4 Å². The Kier molecular flexibility index (Phi) is 9.13. The van der Waals surface area contributed by atoms with Gasteiger partial charge in [-0.2, -0.15) is 0 Å². The average molecular weight is 362 g/mol. The Hall–Kier alpha value is -1.27. The number of anilines is 1. The first-order valence-corrected chi connectivity index (χ1v) is 7.30. The molecule has 0 radical (unpaired) electrons. The predicted octanol–water partition coefficient (Wildman–Crippen LogP) is 3.21. The maximum absolute atomic E-state index is 12.2. The van der Waals surface area contributed by atoms with Gasteiger partial charge in [0.1, 0.15) is 0 Å². The van der Waals surface area contributed by atoms with E-state index in [4.69, 9.17) is 5.73 Å². The van der Waals surface area contributed by atoms with Gasteiger partial charge in [0.2, 0.25) is 0 Å². The molecular formula is C15H21Cl2N3OS. The number of hydrogen-bond donors (Lipinski definition) is 2. The van der Waals surface area contributed by atoms with Crippen LogP contribution in [0.5, 0.6) is 0 Å². The molecular weight excluding hydrogens is 341 g/mol. The summed E-state index contributed by atoms with van der Waals surface area (Å²) in [7, 11) is 4.01. The van der Waals surface area contributed by atoms with Crippen molar-refractivity contribution in [3.8, 4) is 0 Å². The summed E-state index contributed by atoms with van der Waals surface area (Å²) in [6, 6.07) is 11.4. The minimum atomic E-state index is -0.133. The maximum atomic E-state index is 12.2. The highest BCUT2D eigenvalue weighted by Crippen LogP contribution is 2.22. The number of likely N-dealkylation sites (N-methyl/N-ethyl adjacent to an activating group) is 1. The molecule has 0 aliphatic carbocycles. The highest BCUT2D eigenvalue weighted by atomic mass is 35.5. The summed E-state index contributed by atoms with van der Waals surface area (Å²) in [5.74, 6) is -0.133. The normalized spacial score (nSPS) is 11.2. The van der Waals surface area contributed by atoms with Gasteiger partial charge in [-0.3, -0.25) is 4.79 Å². The van der Waals surface area contributed by atoms with Crippen LogP contribution < -0.4 is 11.1 Å². The summed E-state index contributed by atoms with van der Waals surface area (Å²) in [4.78, 5) is 15.5. The van der Waals surface area contributed by atoms with Crippen molar-refractivity contribution in [1.82, 2.24) is 10.2 Å². The first-order valence-electron chi connectivity index (χ1n) is 6.42. The van der Waals surface area contributed by atoms with Crippen LogP contribution >= 0.6 is 36.2 Å². The molecule has 22 heavy (non-hydrogen) atoms. The van der Waals surface area contributed by atoms with Crippen molar-refractivity contribution in [1.29, 1.82) is 0 Å². The van der Waals surface area contributed by atoms with Crippen LogP contribution in [0, 0.1) is 0 Å². The second kappa shape index (κ2) is 9.69. The Morgan fingerprint density at radius 3 is 2.45 bits per heavy atom. The van der Waals surface area contributed by atoms with Crippen LogP contribution in [0.3, 0.4) is 0 Å². The summed E-state index contributed by atoms with van der Waals surface area (Å²) in [5.41, 5.74) is 6.84. The molecule has 1 aromatic heterocycles. The zero-order valence-electron chi connectivity index (χ0n) is 12.5. The number of para-hydroxylation sites is 1. The van der Waals surface area contributed by atoms with E-state index in [2.05, 4.69) is 16.3 Å². The van der Waals surface area contributed by atoms with Crippen LogP contribution in [-0.4, -0.2) is 31.4 Å². The van der Waals surface area contributed by atoms with Crippen molar-refractivity contribution in [2.75, 3.05) is 26.4 Å². The molecule has 0 saturated heterocycles. The fourth-order valence-corrected chi connectivity index (χ4v) is 2.93. The lowest BCUT2D eigenvalue weighted by molar-refractivity contribution is 0.0943. The average Bonchev–Trinajstić information content (AvgIpc) is 2.92. The lowest BCUT2D eigenvalue weighted by Crippen LogP contribution is -2.34. The standard InChI is InChI=1S/C15H19N3OS.2ClH/c1-18(2)13(14-8-5-9-20-14)10-17-15(19)11-6-3-4-7-12(11)16;;/h3-9,13H,10,16H2,1-2H3,(H,17,19);2*1H. The molecule has 0 saturated carbocycles. The number of amides is 1. The van der Waals surface area contributed by atoms with E-state index >= 15 is 0 Å². The number of hydrogen-bond acceptors (Lipinski definition) is 4. The maximum Gasteiger partial charge on any atom is 0.253 e. The van der Waals surface area contributed by atoms with E-state index in [0.29, 0.717) is 17.8 Å². The first-order chi connectivity index (χ1) is 9.59. The zero-order valence-corrected chi connectivity index (χ0v) is 14.9. The molecule has 4 nitrogen and oxygen atoms in total. The molecule has 1 amide bonds. The van der Waals surface area contributed by atoms with Crippen molar-refractivity contribution in [2.45, 2.75) is 6.04 Å². The van der Waals surface area contributed by atoms with Gasteiger partial charge in [-0.1, -0.05) is 18.2 Å². The lowest BCUT2D eigenvalue weighted by atomic mass is 10.1. The number of carbonyl (C=O) groups is 1. The molecule has 0 fully saturated rings. The zero-order chi connectivity index (χ0) is 14.5. The van der Waals surface area contributed by atoms with E-state index in [1.165, 1.54) is 4.88 Å². The van der Waals surface area contributed by atoms with E-state index in [-0.39, 0.29) is 36.8 Å². The molecule has 1 unspecified atom stereocenters. The van der Waals surface area contributed by atoms with Crippen molar-refractivity contribution >= 4 is 47.7 Å². The molecule has 0 spiro atoms. The minimum Gasteiger partial charge on any atom is -0.398 e. The van der Waals surface area contributed by atoms with Gasteiger partial charge < -0.3 is 16.0 Å². The van der Waals surface area contributed by atoms with E-state index in [9.17, 15) is 4.79 Å². The van der Waals surface area contributed by atoms with Crippen LogP contribution in [0.25, 0.3) is 0 Å². The third-order valence-corrected chi connectivity index (χ3v) is 4.13. The molecule has 2 aromatic rings. The Labute approximate surface area is 147 Å². The lowest BCUT2D eigenvalue weighted by Gasteiger charge is -2.23. The highest BCUT2D eigenvalue weighted by Gasteiger charge is 2.17. The third-order valence-electron chi connectivity index (χ3n) is 3.16. The van der Waals surface area contributed by atoms with E-state index in [0.717, 1.165) is 0 Å². The van der Waals surface area contributed by atoms with Crippen LogP contribution in [-0.2, 0) is 0 Å². The Bertz CT molecular complexity index is 576. The van der Waals surface area contributed by atoms with Gasteiger partial charge in [0.05, 0.1) is 11.6 Å². The molecule has 0 bridgehead atoms. The van der Waals surface area contributed by atoms with Gasteiger partial charge in [-0.15, -0.1) is 36.2 Å². The third kappa shape index (κ3) is 5.18. The molecule has 1 heterocycles. The van der Waals surface area contributed by atoms with E-state index < -0.39 is 0 Å². The summed E-state index contributed by atoms with van der Waals surface area (Å²) in [5, 5.41) is 5.00. The fraction of sp³-hybridized carbons (Fsp3) is 0.267. The molecule has 1 aromatic carbocycles. The molecule has 122 valence electrons. The monoisotopic (exact) mass is 361 g/mol. The first kappa shape index (κ1) is 20.7. The summed E-state index contributed by atoms with van der Waals surface area (Å²) < 4.78 is 0. The molecule has 7 heteroatoms. The number of nitrogen functional groups attached to an aromatic ring is 1. The molecule has 2 rings (SSSR count). The van der Waals surface area contributed by atoms with Crippen LogP contribution in [0.1, 0.15) is 21.3 Å². The summed E-state index contributed by atoms with van der Waals surface area (Å²) >= 11 is 1.69. The van der Waals surface area contributed by atoms with Crippen LogP contribution in [0.4, 0.5) is 5.69 Å². The Morgan fingerprint density at radius 2 is 1.91 bits per heavy atom. The number of thiophene rings is 1. The van der Waals surface area contributed by atoms with Crippen LogP contribution in [0.2, 0.25) is 0 Å². The number of nitrogens with one attached hydrogen (secondary N) is 1. The summed E-state index contributed by atoms with van der Waals surface area (Å²) in [6.07, 6.45) is 0. The highest BCUT2D eigenvalue weighted by molar-refractivity contribution is 7.10. The molecule has 3 N–H and O–H groups in total. The Morgan fingerprint density at radius 1 is 1.23 bits per heavy atom. The van der Waals surface area contributed by atoms with Crippen molar-refractivity contribution < 1.29 is 4.79 Å². The summed E-state index contributed by atoms with van der Waals surface area (Å²) in [6.45, 7) is 0.556. The van der Waals surface area contributed by atoms with Crippen molar-refractivity contribution in [3.05, 3.63) is 52.2 Å². The Balaban J connectivity index is 0.00000220. The van der Waals surface area contributed by atoms with Crippen LogP contribution in [0.15, 0.2) is 41.8 Å². The van der Waals surface area contributed by atoms with Gasteiger partial charge in [0.25, 0.3) is 5.91 Å². The smallest absolute Gasteiger partial charge is 0.253 e. The van der Waals surface area contributed by atoms with Crippen molar-refractivity contribution in [3.63, 3.8) is 0 Å². The predicted molar refractivity (Wildman–Crippen MR) is 98.4 cm³/mol. The largest absolute Gasteiger partial charge is 0.398 e. The molecule has 1 atom stereocenters. The quantitative estimate of drug-likeness (QED) is 0.803. The fourth-order valence-electron chi connectivity index (χ4n) is 2.01. The van der Waals surface area contributed by atoms with Gasteiger partial charge in [-0.25, -0.2) is 0 Å². The van der Waals surface area contributed by atoms with Gasteiger partial charge in [0, 0.05) is 17.1 Å². The second-order valence-electron chi connectivity index (χ2n) is 4.79. The number of rotatable bonds is 5. The van der Waals surface area contributed by atoms with Gasteiger partial charge >= 0.3 is 0 Å². The number of nitrogens with zero attached hydrogens (tertiary/aromatic N) is 1. The number of nitrogens with two attached hydrogens (primary N) is 1. The number of benzene rings is 1. The molecule has 0 aliphatic heterocycles. The minimum absolute atomic E-state index is 0. The van der Waals surface area contributed by atoms with E-state index in [1.54, 1.807) is 23.5 Å². The SMILES string of the molecule is CN(C)C(CNC(=O)c1ccccc1N)c1cccs1.Cl.Cl. The van der Waals surface area contributed by atoms with Crippen molar-refractivity contribution in [2.24, 2.45) is 0 Å². The second-order valence-corrected chi connectivity index (χ2v) is 5.77.